The maximum Gasteiger partial charge on any atom is 0.255 e. The molecule has 1 aliphatic heterocycles. The zero-order valence-electron chi connectivity index (χ0n) is 15.3. The summed E-state index contributed by atoms with van der Waals surface area (Å²) in [4.78, 5) is 23.8. The number of fused-ring (bicyclic) bond motifs is 1. The topological polar surface area (TPSA) is 51.0 Å². The van der Waals surface area contributed by atoms with Crippen LogP contribution in [0.25, 0.3) is 10.9 Å². The Kier molecular flexibility index (Phi) is 4.45. The van der Waals surface area contributed by atoms with Crippen molar-refractivity contribution in [1.82, 2.24) is 19.4 Å². The Labute approximate surface area is 153 Å². The lowest BCUT2D eigenvalue weighted by atomic mass is 9.95. The molecule has 0 N–H and O–H groups in total. The number of piperidine rings is 1. The summed E-state index contributed by atoms with van der Waals surface area (Å²) < 4.78 is 2.25. The highest BCUT2D eigenvalue weighted by Gasteiger charge is 2.27. The van der Waals surface area contributed by atoms with Crippen LogP contribution in [0.5, 0.6) is 0 Å². The number of carbonyl (C=O) groups excluding carboxylic acids is 1. The predicted molar refractivity (Wildman–Crippen MR) is 102 cm³/mol. The van der Waals surface area contributed by atoms with E-state index in [-0.39, 0.29) is 5.91 Å². The lowest BCUT2D eigenvalue weighted by Gasteiger charge is -2.32. The molecule has 3 aromatic rings. The van der Waals surface area contributed by atoms with Crippen LogP contribution in [0.3, 0.4) is 0 Å². The number of nitrogens with zero attached hydrogens (tertiary/aromatic N) is 4. The zero-order chi connectivity index (χ0) is 18.1. The molecule has 2 aromatic heterocycles. The maximum atomic E-state index is 12.9. The average molecular weight is 348 g/mol. The molecule has 5 heteroatoms. The van der Waals surface area contributed by atoms with E-state index >= 15 is 0 Å². The van der Waals surface area contributed by atoms with Crippen LogP contribution in [0, 0.1) is 0 Å². The first kappa shape index (κ1) is 16.8. The first-order valence-electron chi connectivity index (χ1n) is 9.30. The van der Waals surface area contributed by atoms with Gasteiger partial charge >= 0.3 is 0 Å². The molecule has 3 heterocycles. The molecule has 0 saturated carbocycles. The summed E-state index contributed by atoms with van der Waals surface area (Å²) >= 11 is 0. The Morgan fingerprint density at radius 2 is 1.92 bits per heavy atom. The van der Waals surface area contributed by atoms with Crippen LogP contribution >= 0.6 is 0 Å². The molecule has 134 valence electrons. The Hall–Kier alpha value is -2.69. The molecule has 0 aliphatic carbocycles. The average Bonchev–Trinajstić information content (AvgIpc) is 3.17. The monoisotopic (exact) mass is 348 g/mol. The third-order valence-electron chi connectivity index (χ3n) is 5.24. The minimum atomic E-state index is 0.0777. The summed E-state index contributed by atoms with van der Waals surface area (Å²) in [6.45, 7) is 5.88. The zero-order valence-corrected chi connectivity index (χ0v) is 15.3. The van der Waals surface area contributed by atoms with E-state index < -0.39 is 0 Å². The third-order valence-corrected chi connectivity index (χ3v) is 5.24. The Morgan fingerprint density at radius 1 is 1.15 bits per heavy atom. The normalized spacial score (nSPS) is 15.7. The van der Waals surface area contributed by atoms with E-state index in [0.717, 1.165) is 42.7 Å². The molecule has 0 radical (unpaired) electrons. The molecule has 1 fully saturated rings. The number of carbonyl (C=O) groups is 1. The van der Waals surface area contributed by atoms with Gasteiger partial charge in [-0.3, -0.25) is 9.78 Å². The van der Waals surface area contributed by atoms with Crippen LogP contribution in [0.4, 0.5) is 0 Å². The van der Waals surface area contributed by atoms with E-state index in [1.807, 2.05) is 41.4 Å². The summed E-state index contributed by atoms with van der Waals surface area (Å²) in [6, 6.07) is 10.3. The van der Waals surface area contributed by atoms with Gasteiger partial charge in [0.05, 0.1) is 11.1 Å². The highest BCUT2D eigenvalue weighted by molar-refractivity contribution is 5.97. The lowest BCUT2D eigenvalue weighted by Crippen LogP contribution is -2.38. The van der Waals surface area contributed by atoms with Gasteiger partial charge < -0.3 is 9.47 Å². The van der Waals surface area contributed by atoms with Crippen LogP contribution in [-0.2, 0) is 0 Å². The van der Waals surface area contributed by atoms with Gasteiger partial charge in [-0.05, 0) is 38.8 Å². The van der Waals surface area contributed by atoms with Gasteiger partial charge in [0.1, 0.15) is 5.82 Å². The molecule has 0 unspecified atom stereocenters. The smallest absolute Gasteiger partial charge is 0.255 e. The fraction of sp³-hybridized carbons (Fsp3) is 0.381. The molecule has 26 heavy (non-hydrogen) atoms. The number of aromatic nitrogens is 3. The van der Waals surface area contributed by atoms with Crippen LogP contribution in [0.2, 0.25) is 0 Å². The summed E-state index contributed by atoms with van der Waals surface area (Å²) in [7, 11) is 0. The van der Waals surface area contributed by atoms with Crippen LogP contribution in [0.15, 0.2) is 48.9 Å². The fourth-order valence-corrected chi connectivity index (χ4v) is 3.79. The standard InChI is InChI=1S/C21H24N4O/c1-15(2)25-12-9-22-20(25)16-7-10-24(11-8-16)21(26)18-13-17-5-3-4-6-19(17)23-14-18/h3-6,9,12-16H,7-8,10-11H2,1-2H3. The van der Waals surface area contributed by atoms with Crippen molar-refractivity contribution >= 4 is 16.8 Å². The van der Waals surface area contributed by atoms with Crippen LogP contribution < -0.4 is 0 Å². The van der Waals surface area contributed by atoms with Gasteiger partial charge in [-0.1, -0.05) is 18.2 Å². The largest absolute Gasteiger partial charge is 0.339 e. The molecule has 1 amide bonds. The first-order chi connectivity index (χ1) is 12.6. The van der Waals surface area contributed by atoms with Gasteiger partial charge in [0.2, 0.25) is 0 Å². The number of imidazole rings is 1. The number of para-hydroxylation sites is 1. The number of amides is 1. The molecule has 5 nitrogen and oxygen atoms in total. The molecular weight excluding hydrogens is 324 g/mol. The molecule has 1 saturated heterocycles. The summed E-state index contributed by atoms with van der Waals surface area (Å²) in [6.07, 6.45) is 7.54. The van der Waals surface area contributed by atoms with Crippen LogP contribution in [0.1, 0.15) is 54.8 Å². The van der Waals surface area contributed by atoms with Crippen LogP contribution in [-0.4, -0.2) is 38.4 Å². The van der Waals surface area contributed by atoms with Crippen molar-refractivity contribution in [1.29, 1.82) is 0 Å². The van der Waals surface area contributed by atoms with E-state index in [1.54, 1.807) is 6.20 Å². The Morgan fingerprint density at radius 3 is 2.69 bits per heavy atom. The van der Waals surface area contributed by atoms with E-state index in [4.69, 9.17) is 0 Å². The quantitative estimate of drug-likeness (QED) is 0.718. The summed E-state index contributed by atoms with van der Waals surface area (Å²) in [5, 5.41) is 1.01. The fourth-order valence-electron chi connectivity index (χ4n) is 3.79. The molecule has 0 atom stereocenters. The number of likely N-dealkylation sites (tertiary alicyclic amines) is 1. The molecule has 4 rings (SSSR count). The molecule has 1 aliphatic rings. The third kappa shape index (κ3) is 3.09. The van der Waals surface area contributed by atoms with E-state index in [9.17, 15) is 4.79 Å². The van der Waals surface area contributed by atoms with Gasteiger partial charge in [-0.25, -0.2) is 4.98 Å². The van der Waals surface area contributed by atoms with Crippen molar-refractivity contribution in [2.75, 3.05) is 13.1 Å². The number of pyridine rings is 1. The van der Waals surface area contributed by atoms with E-state index in [0.29, 0.717) is 17.5 Å². The number of rotatable bonds is 3. The van der Waals surface area contributed by atoms with E-state index in [2.05, 4.69) is 34.6 Å². The number of hydrogen-bond acceptors (Lipinski definition) is 3. The highest BCUT2D eigenvalue weighted by Crippen LogP contribution is 2.29. The molecule has 0 spiro atoms. The number of hydrogen-bond donors (Lipinski definition) is 0. The van der Waals surface area contributed by atoms with Crippen molar-refractivity contribution < 1.29 is 4.79 Å². The van der Waals surface area contributed by atoms with Crippen molar-refractivity contribution in [3.8, 4) is 0 Å². The molecular formula is C21H24N4O. The van der Waals surface area contributed by atoms with Gasteiger partial charge in [-0.2, -0.15) is 0 Å². The van der Waals surface area contributed by atoms with Crippen molar-refractivity contribution in [3.63, 3.8) is 0 Å². The van der Waals surface area contributed by atoms with Crippen molar-refractivity contribution in [2.24, 2.45) is 0 Å². The Bertz CT molecular complexity index is 922. The van der Waals surface area contributed by atoms with Crippen molar-refractivity contribution in [2.45, 2.75) is 38.6 Å². The molecule has 0 bridgehead atoms. The second-order valence-corrected chi connectivity index (χ2v) is 7.27. The SMILES string of the molecule is CC(C)n1ccnc1C1CCN(C(=O)c2cnc3ccccc3c2)CC1. The predicted octanol–water partition coefficient (Wildman–Crippen LogP) is 4.03. The van der Waals surface area contributed by atoms with Crippen molar-refractivity contribution in [3.05, 3.63) is 60.3 Å². The highest BCUT2D eigenvalue weighted by atomic mass is 16.2. The second-order valence-electron chi connectivity index (χ2n) is 7.27. The maximum absolute atomic E-state index is 12.9. The van der Waals surface area contributed by atoms with Gasteiger partial charge in [-0.15, -0.1) is 0 Å². The Balaban J connectivity index is 1.47. The van der Waals surface area contributed by atoms with Gasteiger partial charge in [0.15, 0.2) is 0 Å². The van der Waals surface area contributed by atoms with Gasteiger partial charge in [0, 0.05) is 49.0 Å². The second kappa shape index (κ2) is 6.90. The summed E-state index contributed by atoms with van der Waals surface area (Å²) in [5.41, 5.74) is 1.59. The lowest BCUT2D eigenvalue weighted by molar-refractivity contribution is 0.0710. The minimum absolute atomic E-state index is 0.0777. The molecule has 1 aromatic carbocycles. The number of benzene rings is 1. The first-order valence-corrected chi connectivity index (χ1v) is 9.30. The summed E-state index contributed by atoms with van der Waals surface area (Å²) in [5.74, 6) is 1.65. The minimum Gasteiger partial charge on any atom is -0.339 e. The van der Waals surface area contributed by atoms with Gasteiger partial charge in [0.25, 0.3) is 5.91 Å². The van der Waals surface area contributed by atoms with E-state index in [1.165, 1.54) is 0 Å².